The highest BCUT2D eigenvalue weighted by Gasteiger charge is 2.41. The SMILES string of the molecule is CCO[Si](CCCSC(C)(C)C(=O)OCC(C)(C)COC(=O)C(C)(C)SCCC[Si](OCC)(OCC)OCC)(OCC)OCC. The first-order chi connectivity index (χ1) is 21.0. The third kappa shape index (κ3) is 17.7. The number of thioether (sulfide) groups is 2. The molecule has 0 rings (SSSR count). The quantitative estimate of drug-likeness (QED) is 0.0473. The van der Waals surface area contributed by atoms with Crippen molar-refractivity contribution in [1.29, 1.82) is 0 Å². The number of hydrogen-bond donors (Lipinski definition) is 0. The summed E-state index contributed by atoms with van der Waals surface area (Å²) in [7, 11) is -5.41. The molecule has 0 aliphatic rings. The predicted molar refractivity (Wildman–Crippen MR) is 189 cm³/mol. The van der Waals surface area contributed by atoms with Gasteiger partial charge in [-0.15, -0.1) is 23.5 Å². The molecule has 10 nitrogen and oxygen atoms in total. The molecule has 0 saturated carbocycles. The van der Waals surface area contributed by atoms with Gasteiger partial charge < -0.3 is 36.0 Å². The molecule has 0 unspecified atom stereocenters. The summed E-state index contributed by atoms with van der Waals surface area (Å²) < 4.78 is 45.6. The third-order valence-corrected chi connectivity index (χ3v) is 15.6. The lowest BCUT2D eigenvalue weighted by Crippen LogP contribution is -2.46. The van der Waals surface area contributed by atoms with Crippen molar-refractivity contribution < 1.29 is 45.6 Å². The second kappa shape index (κ2) is 22.5. The number of rotatable bonds is 28. The summed E-state index contributed by atoms with van der Waals surface area (Å²) in [5.41, 5.74) is -0.540. The Hall–Kier alpha value is -0.166. The van der Waals surface area contributed by atoms with Crippen LogP contribution in [0.5, 0.6) is 0 Å². The molecule has 0 atom stereocenters. The van der Waals surface area contributed by atoms with Gasteiger partial charge in [-0.25, -0.2) is 0 Å². The van der Waals surface area contributed by atoms with Crippen LogP contribution in [0.2, 0.25) is 12.1 Å². The highest BCUT2D eigenvalue weighted by molar-refractivity contribution is 8.01. The molecule has 0 aliphatic carbocycles. The van der Waals surface area contributed by atoms with Crippen LogP contribution in [0.25, 0.3) is 0 Å². The van der Waals surface area contributed by atoms with Crippen LogP contribution in [-0.2, 0) is 45.6 Å². The van der Waals surface area contributed by atoms with E-state index in [1.54, 1.807) is 23.5 Å². The van der Waals surface area contributed by atoms with Gasteiger partial charge in [-0.3, -0.25) is 9.59 Å². The number of esters is 2. The van der Waals surface area contributed by atoms with Crippen LogP contribution in [0.1, 0.15) is 95.9 Å². The van der Waals surface area contributed by atoms with Crippen LogP contribution >= 0.6 is 23.5 Å². The Labute approximate surface area is 285 Å². The summed E-state index contributed by atoms with van der Waals surface area (Å²) in [4.78, 5) is 26.0. The van der Waals surface area contributed by atoms with Crippen molar-refractivity contribution >= 4 is 53.1 Å². The van der Waals surface area contributed by atoms with Gasteiger partial charge in [0.25, 0.3) is 0 Å². The average molecular weight is 717 g/mol. The monoisotopic (exact) mass is 716 g/mol. The standard InChI is InChI=1S/C31H64O10S2Si2/c1-13-36-44(37-14-2,38-15-3)23-19-21-42-30(9,10)27(32)34-25-29(7,8)26-35-28(33)31(11,12)43-22-20-24-45(39-16-4,40-17-5)41-18-6/h13-26H2,1-12H3. The predicted octanol–water partition coefficient (Wildman–Crippen LogP) is 7.00. The molecule has 14 heteroatoms. The van der Waals surface area contributed by atoms with Crippen molar-refractivity contribution in [1.82, 2.24) is 0 Å². The van der Waals surface area contributed by atoms with E-state index in [0.717, 1.165) is 24.3 Å². The Bertz CT molecular complexity index is 732. The zero-order valence-electron chi connectivity index (χ0n) is 30.3. The van der Waals surface area contributed by atoms with Crippen LogP contribution in [0.3, 0.4) is 0 Å². The fraction of sp³-hybridized carbons (Fsp3) is 0.935. The number of carbonyl (C=O) groups excluding carboxylic acids is 2. The first-order valence-corrected chi connectivity index (χ1v) is 22.3. The zero-order chi connectivity index (χ0) is 34.6. The molecule has 0 amide bonds. The normalized spacial score (nSPS) is 13.2. The summed E-state index contributed by atoms with van der Waals surface area (Å²) in [6.07, 6.45) is 1.61. The third-order valence-electron chi connectivity index (χ3n) is 6.54. The van der Waals surface area contributed by atoms with E-state index >= 15 is 0 Å². The van der Waals surface area contributed by atoms with Gasteiger partial charge in [0.2, 0.25) is 0 Å². The van der Waals surface area contributed by atoms with E-state index in [-0.39, 0.29) is 25.2 Å². The van der Waals surface area contributed by atoms with Crippen LogP contribution < -0.4 is 0 Å². The number of ether oxygens (including phenoxy) is 2. The number of hydrogen-bond acceptors (Lipinski definition) is 12. The van der Waals surface area contributed by atoms with Crippen LogP contribution in [0.4, 0.5) is 0 Å². The minimum atomic E-state index is -2.70. The van der Waals surface area contributed by atoms with Gasteiger partial charge in [-0.1, -0.05) is 13.8 Å². The van der Waals surface area contributed by atoms with E-state index in [4.69, 9.17) is 36.0 Å². The highest BCUT2D eigenvalue weighted by Crippen LogP contribution is 2.32. The molecule has 268 valence electrons. The summed E-state index contributed by atoms with van der Waals surface area (Å²) in [6.45, 7) is 26.5. The van der Waals surface area contributed by atoms with E-state index in [2.05, 4.69) is 0 Å². The second-order valence-electron chi connectivity index (χ2n) is 12.2. The van der Waals surface area contributed by atoms with Crippen LogP contribution in [0, 0.1) is 5.41 Å². The smallest absolute Gasteiger partial charge is 0.464 e. The molecule has 0 fully saturated rings. The van der Waals surface area contributed by atoms with Crippen LogP contribution in [-0.4, -0.2) is 103 Å². The van der Waals surface area contributed by atoms with Crippen molar-refractivity contribution in [3.05, 3.63) is 0 Å². The van der Waals surface area contributed by atoms with E-state index in [1.807, 2.05) is 83.1 Å². The van der Waals surface area contributed by atoms with Gasteiger partial charge in [0, 0.05) is 57.1 Å². The molecule has 0 aliphatic heterocycles. The largest absolute Gasteiger partial charge is 0.500 e. The topological polar surface area (TPSA) is 108 Å². The Kier molecular flexibility index (Phi) is 22.4. The maximum Gasteiger partial charge on any atom is 0.500 e. The van der Waals surface area contributed by atoms with E-state index < -0.39 is 32.5 Å². The van der Waals surface area contributed by atoms with Gasteiger partial charge in [0.15, 0.2) is 0 Å². The van der Waals surface area contributed by atoms with Gasteiger partial charge in [-0.05, 0) is 93.6 Å². The Balaban J connectivity index is 4.78. The Morgan fingerprint density at radius 2 is 0.778 bits per heavy atom. The molecule has 0 bridgehead atoms. The summed E-state index contributed by atoms with van der Waals surface area (Å²) in [5, 5.41) is 0. The van der Waals surface area contributed by atoms with E-state index in [1.165, 1.54) is 0 Å². The van der Waals surface area contributed by atoms with Crippen molar-refractivity contribution in [2.24, 2.45) is 5.41 Å². The molecule has 45 heavy (non-hydrogen) atoms. The molecule has 0 saturated heterocycles. The highest BCUT2D eigenvalue weighted by atomic mass is 32.2. The number of carbonyl (C=O) groups is 2. The van der Waals surface area contributed by atoms with E-state index in [9.17, 15) is 9.59 Å². The molecule has 0 aromatic heterocycles. The van der Waals surface area contributed by atoms with Crippen molar-refractivity contribution in [2.45, 2.75) is 118 Å². The minimum absolute atomic E-state index is 0.144. The lowest BCUT2D eigenvalue weighted by molar-refractivity contribution is -0.154. The molecule has 0 aromatic rings. The first kappa shape index (κ1) is 44.8. The molecule has 0 radical (unpaired) electrons. The summed E-state index contributed by atoms with van der Waals surface area (Å²) in [5.74, 6) is 0.890. The Morgan fingerprint density at radius 1 is 0.511 bits per heavy atom. The molecule has 0 N–H and O–H groups in total. The molecular formula is C31H64O10S2Si2. The van der Waals surface area contributed by atoms with Gasteiger partial charge in [-0.2, -0.15) is 0 Å². The van der Waals surface area contributed by atoms with Crippen molar-refractivity contribution in [3.8, 4) is 0 Å². The molecule has 0 spiro atoms. The summed E-state index contributed by atoms with van der Waals surface area (Å²) in [6, 6.07) is 1.40. The maximum absolute atomic E-state index is 13.0. The lowest BCUT2D eigenvalue weighted by atomic mass is 9.96. The molecule has 0 heterocycles. The second-order valence-corrected chi connectivity index (χ2v) is 21.1. The van der Waals surface area contributed by atoms with Gasteiger partial charge in [0.1, 0.15) is 9.49 Å². The molecular weight excluding hydrogens is 653 g/mol. The maximum atomic E-state index is 13.0. The van der Waals surface area contributed by atoms with Gasteiger partial charge >= 0.3 is 29.5 Å². The lowest BCUT2D eigenvalue weighted by Gasteiger charge is -2.30. The fourth-order valence-corrected chi connectivity index (χ4v) is 12.0. The average Bonchev–Trinajstić information content (AvgIpc) is 2.96. The van der Waals surface area contributed by atoms with Crippen molar-refractivity contribution in [3.63, 3.8) is 0 Å². The summed E-state index contributed by atoms with van der Waals surface area (Å²) >= 11 is 3.09. The Morgan fingerprint density at radius 3 is 1.02 bits per heavy atom. The first-order valence-electron chi connectivity index (χ1n) is 16.5. The van der Waals surface area contributed by atoms with Crippen LogP contribution in [0.15, 0.2) is 0 Å². The fourth-order valence-electron chi connectivity index (χ4n) is 4.26. The van der Waals surface area contributed by atoms with Gasteiger partial charge in [0.05, 0.1) is 13.2 Å². The minimum Gasteiger partial charge on any atom is -0.464 e. The van der Waals surface area contributed by atoms with E-state index in [0.29, 0.717) is 51.7 Å². The molecule has 0 aromatic carbocycles. The zero-order valence-corrected chi connectivity index (χ0v) is 33.9. The van der Waals surface area contributed by atoms with Crippen molar-refractivity contribution in [2.75, 3.05) is 64.4 Å².